The minimum Gasteiger partial charge on any atom is -0.397 e. The number of hydrogen-bond acceptors (Lipinski definition) is 2. The van der Waals surface area contributed by atoms with Gasteiger partial charge in [-0.3, -0.25) is 0 Å². The summed E-state index contributed by atoms with van der Waals surface area (Å²) in [5, 5.41) is 3.47. The highest BCUT2D eigenvalue weighted by molar-refractivity contribution is 5.67. The van der Waals surface area contributed by atoms with Crippen molar-refractivity contribution in [2.24, 2.45) is 5.41 Å². The van der Waals surface area contributed by atoms with Crippen LogP contribution in [0.5, 0.6) is 0 Å². The van der Waals surface area contributed by atoms with Crippen LogP contribution in [0.2, 0.25) is 0 Å². The minimum absolute atomic E-state index is 0.496. The third-order valence-electron chi connectivity index (χ3n) is 3.48. The number of nitrogens with two attached hydrogens (primary N) is 1. The second-order valence-electron chi connectivity index (χ2n) is 5.11. The number of rotatable bonds is 3. The van der Waals surface area contributed by atoms with Gasteiger partial charge in [-0.25, -0.2) is 0 Å². The van der Waals surface area contributed by atoms with Crippen LogP contribution >= 0.6 is 0 Å². The lowest BCUT2D eigenvalue weighted by Crippen LogP contribution is -2.33. The van der Waals surface area contributed by atoms with Crippen molar-refractivity contribution in [3.8, 4) is 0 Å². The maximum Gasteiger partial charge on any atom is 0.0576 e. The summed E-state index contributed by atoms with van der Waals surface area (Å²) in [5.74, 6) is 0. The van der Waals surface area contributed by atoms with Crippen molar-refractivity contribution in [2.45, 2.75) is 33.1 Å². The Labute approximate surface area is 91.9 Å². The molecule has 1 fully saturated rings. The Balaban J connectivity index is 2.01. The first-order valence-corrected chi connectivity index (χ1v) is 5.69. The summed E-state index contributed by atoms with van der Waals surface area (Å²) in [7, 11) is 0. The molecule has 1 saturated carbocycles. The monoisotopic (exact) mass is 204 g/mol. The molecule has 82 valence electrons. The van der Waals surface area contributed by atoms with Gasteiger partial charge >= 0.3 is 0 Å². The van der Waals surface area contributed by atoms with Gasteiger partial charge in [-0.1, -0.05) is 19.4 Å². The van der Waals surface area contributed by atoms with E-state index in [4.69, 9.17) is 5.73 Å². The molecule has 0 amide bonds. The molecular formula is C13H20N2. The van der Waals surface area contributed by atoms with Crippen LogP contribution in [0, 0.1) is 12.3 Å². The van der Waals surface area contributed by atoms with E-state index >= 15 is 0 Å². The maximum atomic E-state index is 5.92. The first-order valence-electron chi connectivity index (χ1n) is 5.69. The summed E-state index contributed by atoms with van der Waals surface area (Å²) >= 11 is 0. The molecule has 1 aliphatic carbocycles. The van der Waals surface area contributed by atoms with Crippen LogP contribution in [-0.4, -0.2) is 6.54 Å². The number of nitrogens with one attached hydrogen (secondary N) is 1. The zero-order valence-corrected chi connectivity index (χ0v) is 9.64. The molecule has 1 aliphatic rings. The van der Waals surface area contributed by atoms with Gasteiger partial charge in [-0.15, -0.1) is 0 Å². The van der Waals surface area contributed by atoms with Gasteiger partial charge < -0.3 is 11.1 Å². The molecule has 0 aromatic heterocycles. The first-order chi connectivity index (χ1) is 7.09. The largest absolute Gasteiger partial charge is 0.397 e. The van der Waals surface area contributed by atoms with Gasteiger partial charge in [-0.05, 0) is 42.9 Å². The Bertz CT molecular complexity index is 354. The summed E-state index contributed by atoms with van der Waals surface area (Å²) in [4.78, 5) is 0. The molecule has 3 N–H and O–H groups in total. The van der Waals surface area contributed by atoms with E-state index < -0.39 is 0 Å². The van der Waals surface area contributed by atoms with Crippen molar-refractivity contribution < 1.29 is 0 Å². The highest BCUT2D eigenvalue weighted by Gasteiger charge is 2.31. The molecule has 0 atom stereocenters. The van der Waals surface area contributed by atoms with Gasteiger partial charge in [0.1, 0.15) is 0 Å². The maximum absolute atomic E-state index is 5.92. The first kappa shape index (κ1) is 10.3. The number of aryl methyl sites for hydroxylation is 1. The Morgan fingerprint density at radius 1 is 1.40 bits per heavy atom. The molecule has 1 aromatic rings. The van der Waals surface area contributed by atoms with Crippen LogP contribution in [0.4, 0.5) is 11.4 Å². The van der Waals surface area contributed by atoms with Crippen molar-refractivity contribution in [3.05, 3.63) is 23.8 Å². The van der Waals surface area contributed by atoms with E-state index in [-0.39, 0.29) is 0 Å². The van der Waals surface area contributed by atoms with Crippen LogP contribution < -0.4 is 11.1 Å². The zero-order valence-electron chi connectivity index (χ0n) is 9.64. The van der Waals surface area contributed by atoms with E-state index in [0.717, 1.165) is 17.9 Å². The molecule has 0 radical (unpaired) electrons. The number of anilines is 2. The molecule has 2 rings (SSSR count). The van der Waals surface area contributed by atoms with E-state index in [1.54, 1.807) is 0 Å². The van der Waals surface area contributed by atoms with Gasteiger partial charge in [0.05, 0.1) is 11.4 Å². The molecular weight excluding hydrogens is 184 g/mol. The van der Waals surface area contributed by atoms with Crippen LogP contribution in [0.25, 0.3) is 0 Å². The molecule has 0 bridgehead atoms. The van der Waals surface area contributed by atoms with E-state index in [2.05, 4.69) is 25.2 Å². The van der Waals surface area contributed by atoms with Gasteiger partial charge in [-0.2, -0.15) is 0 Å². The SMILES string of the molecule is Cc1ccc(N)c(NCC2(C)CCC2)c1. The second kappa shape index (κ2) is 3.76. The number of nitrogen functional groups attached to an aromatic ring is 1. The van der Waals surface area contributed by atoms with Gasteiger partial charge in [0.25, 0.3) is 0 Å². The summed E-state index contributed by atoms with van der Waals surface area (Å²) in [6, 6.07) is 6.14. The zero-order chi connectivity index (χ0) is 10.9. The van der Waals surface area contributed by atoms with Gasteiger partial charge in [0.2, 0.25) is 0 Å². The normalized spacial score (nSPS) is 18.3. The van der Waals surface area contributed by atoms with Crippen LogP contribution in [0.15, 0.2) is 18.2 Å². The average molecular weight is 204 g/mol. The molecule has 0 unspecified atom stereocenters. The topological polar surface area (TPSA) is 38.0 Å². The lowest BCUT2D eigenvalue weighted by Gasteiger charge is -2.38. The number of hydrogen-bond donors (Lipinski definition) is 2. The second-order valence-corrected chi connectivity index (χ2v) is 5.11. The van der Waals surface area contributed by atoms with Crippen LogP contribution in [0.1, 0.15) is 31.7 Å². The van der Waals surface area contributed by atoms with Crippen LogP contribution in [0.3, 0.4) is 0 Å². The summed E-state index contributed by atoms with van der Waals surface area (Å²) < 4.78 is 0. The predicted molar refractivity (Wildman–Crippen MR) is 66.0 cm³/mol. The van der Waals surface area contributed by atoms with E-state index in [9.17, 15) is 0 Å². The summed E-state index contributed by atoms with van der Waals surface area (Å²) in [6.07, 6.45) is 4.05. The fourth-order valence-corrected chi connectivity index (χ4v) is 2.09. The molecule has 1 aromatic carbocycles. The van der Waals surface area contributed by atoms with Crippen molar-refractivity contribution >= 4 is 11.4 Å². The van der Waals surface area contributed by atoms with Crippen molar-refractivity contribution in [3.63, 3.8) is 0 Å². The molecule has 0 heterocycles. The van der Waals surface area contributed by atoms with Gasteiger partial charge in [0.15, 0.2) is 0 Å². The lowest BCUT2D eigenvalue weighted by molar-refractivity contribution is 0.180. The molecule has 0 spiro atoms. The Kier molecular flexibility index (Phi) is 2.59. The number of benzene rings is 1. The fourth-order valence-electron chi connectivity index (χ4n) is 2.09. The fraction of sp³-hybridized carbons (Fsp3) is 0.538. The minimum atomic E-state index is 0.496. The molecule has 2 nitrogen and oxygen atoms in total. The quantitative estimate of drug-likeness (QED) is 0.742. The van der Waals surface area contributed by atoms with Crippen molar-refractivity contribution in [2.75, 3.05) is 17.6 Å². The molecule has 0 saturated heterocycles. The highest BCUT2D eigenvalue weighted by atomic mass is 14.9. The predicted octanol–water partition coefficient (Wildman–Crippen LogP) is 3.18. The van der Waals surface area contributed by atoms with E-state index in [0.29, 0.717) is 5.41 Å². The average Bonchev–Trinajstić information content (AvgIpc) is 2.17. The molecule has 15 heavy (non-hydrogen) atoms. The Morgan fingerprint density at radius 2 is 2.13 bits per heavy atom. The highest BCUT2D eigenvalue weighted by Crippen LogP contribution is 2.40. The smallest absolute Gasteiger partial charge is 0.0576 e. The summed E-state index contributed by atoms with van der Waals surface area (Å²) in [6.45, 7) is 5.48. The molecule has 2 heteroatoms. The van der Waals surface area contributed by atoms with E-state index in [1.165, 1.54) is 24.8 Å². The molecule has 0 aliphatic heterocycles. The van der Waals surface area contributed by atoms with Crippen molar-refractivity contribution in [1.29, 1.82) is 0 Å². The van der Waals surface area contributed by atoms with Gasteiger partial charge in [0, 0.05) is 6.54 Å². The van der Waals surface area contributed by atoms with E-state index in [1.807, 2.05) is 12.1 Å². The van der Waals surface area contributed by atoms with Crippen molar-refractivity contribution in [1.82, 2.24) is 0 Å². The Morgan fingerprint density at radius 3 is 2.73 bits per heavy atom. The summed E-state index contributed by atoms with van der Waals surface area (Å²) in [5.41, 5.74) is 9.60. The lowest BCUT2D eigenvalue weighted by atomic mass is 9.70. The third kappa shape index (κ3) is 2.25. The Hall–Kier alpha value is -1.18. The van der Waals surface area contributed by atoms with Crippen LogP contribution in [-0.2, 0) is 0 Å². The standard InChI is InChI=1S/C13H20N2/c1-10-4-5-11(14)12(8-10)15-9-13(2)6-3-7-13/h4-5,8,15H,3,6-7,9,14H2,1-2H3. The third-order valence-corrected chi connectivity index (χ3v) is 3.48.